The summed E-state index contributed by atoms with van der Waals surface area (Å²) in [6.07, 6.45) is 1.39. The summed E-state index contributed by atoms with van der Waals surface area (Å²) in [5, 5.41) is 9.11. The van der Waals surface area contributed by atoms with E-state index in [0.29, 0.717) is 12.2 Å². The molecule has 2 nitrogen and oxygen atoms in total. The summed E-state index contributed by atoms with van der Waals surface area (Å²) in [7, 11) is 0. The molecule has 1 N–H and O–H groups in total. The summed E-state index contributed by atoms with van der Waals surface area (Å²) in [5.74, 6) is 0.822. The topological polar surface area (TPSA) is 37.3 Å². The van der Waals surface area contributed by atoms with Crippen molar-refractivity contribution in [3.63, 3.8) is 0 Å². The summed E-state index contributed by atoms with van der Waals surface area (Å²) in [5.41, 5.74) is 0. The Hall–Kier alpha value is -0.0800. The largest absolute Gasteiger partial charge is 0.396 e. The molecule has 0 amide bonds. The van der Waals surface area contributed by atoms with Crippen molar-refractivity contribution in [2.75, 3.05) is 6.61 Å². The summed E-state index contributed by atoms with van der Waals surface area (Å²) in [4.78, 5) is 11.2. The summed E-state index contributed by atoms with van der Waals surface area (Å²) in [6, 6.07) is 0. The highest BCUT2D eigenvalue weighted by atomic mass is 35.5. The molecule has 11 heavy (non-hydrogen) atoms. The molecule has 2 aliphatic rings. The Morgan fingerprint density at radius 3 is 2.73 bits per heavy atom. The van der Waals surface area contributed by atoms with Gasteiger partial charge in [0.25, 0.3) is 0 Å². The Bertz CT molecular complexity index is 193. The fourth-order valence-corrected chi connectivity index (χ4v) is 2.92. The van der Waals surface area contributed by atoms with Crippen molar-refractivity contribution in [1.29, 1.82) is 0 Å². The summed E-state index contributed by atoms with van der Waals surface area (Å²) >= 11 is 5.98. The zero-order valence-electron chi connectivity index (χ0n) is 6.16. The van der Waals surface area contributed by atoms with E-state index < -0.39 is 0 Å². The van der Waals surface area contributed by atoms with E-state index in [4.69, 9.17) is 16.7 Å². The molecule has 0 radical (unpaired) electrons. The van der Waals surface area contributed by atoms with Gasteiger partial charge in [0, 0.05) is 24.3 Å². The van der Waals surface area contributed by atoms with Gasteiger partial charge in [0.1, 0.15) is 5.78 Å². The molecule has 0 heterocycles. The molecule has 62 valence electrons. The number of halogens is 1. The van der Waals surface area contributed by atoms with Gasteiger partial charge in [-0.15, -0.1) is 11.6 Å². The normalized spacial score (nSPS) is 48.7. The van der Waals surface area contributed by atoms with Crippen LogP contribution in [0.2, 0.25) is 0 Å². The van der Waals surface area contributed by atoms with Crippen molar-refractivity contribution in [2.24, 2.45) is 17.8 Å². The molecule has 0 spiro atoms. The number of carbonyl (C=O) groups excluding carboxylic acids is 1. The summed E-state index contributed by atoms with van der Waals surface area (Å²) in [6.45, 7) is 0.129. The van der Waals surface area contributed by atoms with Gasteiger partial charge in [-0.3, -0.25) is 4.79 Å². The van der Waals surface area contributed by atoms with Gasteiger partial charge in [-0.1, -0.05) is 0 Å². The summed E-state index contributed by atoms with van der Waals surface area (Å²) < 4.78 is 0. The van der Waals surface area contributed by atoms with Crippen LogP contribution in [-0.4, -0.2) is 22.9 Å². The molecule has 0 aromatic carbocycles. The minimum Gasteiger partial charge on any atom is -0.396 e. The highest BCUT2D eigenvalue weighted by Gasteiger charge is 2.51. The van der Waals surface area contributed by atoms with E-state index in [-0.39, 0.29) is 29.7 Å². The molecule has 0 unspecified atom stereocenters. The molecular weight excluding hydrogens is 164 g/mol. The van der Waals surface area contributed by atoms with E-state index in [2.05, 4.69) is 0 Å². The van der Waals surface area contributed by atoms with Crippen LogP contribution in [0.3, 0.4) is 0 Å². The standard InChI is InChI=1S/C8H11ClO2/c9-7-1-5-6(3-10)4(7)2-8(5)11/h4-7,10H,1-3H2/t4-,5-,6+,7-/m1/s1. The second-order valence-corrected chi connectivity index (χ2v) is 4.10. The van der Waals surface area contributed by atoms with Crippen LogP contribution in [0, 0.1) is 17.8 Å². The molecule has 2 bridgehead atoms. The first-order valence-corrected chi connectivity index (χ1v) is 4.45. The van der Waals surface area contributed by atoms with Gasteiger partial charge in [0.2, 0.25) is 0 Å². The van der Waals surface area contributed by atoms with Crippen molar-refractivity contribution in [1.82, 2.24) is 0 Å². The maximum Gasteiger partial charge on any atom is 0.136 e. The molecular formula is C8H11ClO2. The molecule has 0 saturated heterocycles. The number of ketones is 1. The van der Waals surface area contributed by atoms with E-state index in [9.17, 15) is 4.79 Å². The van der Waals surface area contributed by atoms with Gasteiger partial charge in [-0.2, -0.15) is 0 Å². The van der Waals surface area contributed by atoms with E-state index >= 15 is 0 Å². The average molecular weight is 175 g/mol. The highest BCUT2D eigenvalue weighted by molar-refractivity contribution is 6.21. The third-order valence-corrected chi connectivity index (χ3v) is 3.57. The number of aliphatic hydroxyl groups is 1. The minimum atomic E-state index is 0.0764. The van der Waals surface area contributed by atoms with Crippen molar-refractivity contribution < 1.29 is 9.90 Å². The van der Waals surface area contributed by atoms with Crippen LogP contribution in [0.5, 0.6) is 0 Å². The van der Waals surface area contributed by atoms with Gasteiger partial charge < -0.3 is 5.11 Å². The average Bonchev–Trinajstić information content (AvgIpc) is 2.42. The third-order valence-electron chi connectivity index (χ3n) is 3.07. The molecule has 3 heteroatoms. The van der Waals surface area contributed by atoms with Gasteiger partial charge in [0.15, 0.2) is 0 Å². The van der Waals surface area contributed by atoms with Gasteiger partial charge in [0.05, 0.1) is 0 Å². The van der Waals surface area contributed by atoms with E-state index in [1.807, 2.05) is 0 Å². The Kier molecular flexibility index (Phi) is 1.69. The lowest BCUT2D eigenvalue weighted by Gasteiger charge is -2.13. The second-order valence-electron chi connectivity index (χ2n) is 3.54. The van der Waals surface area contributed by atoms with Crippen LogP contribution in [-0.2, 0) is 4.79 Å². The first kappa shape index (κ1) is 7.56. The Labute approximate surface area is 70.5 Å². The molecule has 2 rings (SSSR count). The highest BCUT2D eigenvalue weighted by Crippen LogP contribution is 2.49. The van der Waals surface area contributed by atoms with Crippen molar-refractivity contribution in [3.8, 4) is 0 Å². The Balaban J connectivity index is 2.20. The zero-order valence-corrected chi connectivity index (χ0v) is 6.92. The number of hydrogen-bond acceptors (Lipinski definition) is 2. The lowest BCUT2D eigenvalue weighted by Crippen LogP contribution is -2.16. The number of alkyl halides is 1. The first-order valence-electron chi connectivity index (χ1n) is 4.01. The lowest BCUT2D eigenvalue weighted by molar-refractivity contribution is -0.122. The van der Waals surface area contributed by atoms with Crippen LogP contribution < -0.4 is 0 Å². The first-order chi connectivity index (χ1) is 5.24. The van der Waals surface area contributed by atoms with E-state index in [1.165, 1.54) is 0 Å². The molecule has 2 fully saturated rings. The monoisotopic (exact) mass is 174 g/mol. The van der Waals surface area contributed by atoms with Crippen LogP contribution in [0.4, 0.5) is 0 Å². The van der Waals surface area contributed by atoms with Crippen molar-refractivity contribution >= 4 is 17.4 Å². The minimum absolute atomic E-state index is 0.0764. The maximum absolute atomic E-state index is 11.2. The van der Waals surface area contributed by atoms with Gasteiger partial charge in [-0.25, -0.2) is 0 Å². The molecule has 4 atom stereocenters. The van der Waals surface area contributed by atoms with Crippen LogP contribution in [0.1, 0.15) is 12.8 Å². The fourth-order valence-electron chi connectivity index (χ4n) is 2.45. The lowest BCUT2D eigenvalue weighted by atomic mass is 9.99. The van der Waals surface area contributed by atoms with E-state index in [1.54, 1.807) is 0 Å². The second kappa shape index (κ2) is 2.46. The number of hydrogen-bond donors (Lipinski definition) is 1. The fraction of sp³-hybridized carbons (Fsp3) is 0.875. The Morgan fingerprint density at radius 1 is 1.64 bits per heavy atom. The van der Waals surface area contributed by atoms with E-state index in [0.717, 1.165) is 6.42 Å². The van der Waals surface area contributed by atoms with Crippen molar-refractivity contribution in [2.45, 2.75) is 18.2 Å². The molecule has 0 aromatic rings. The van der Waals surface area contributed by atoms with Crippen LogP contribution in [0.25, 0.3) is 0 Å². The molecule has 0 aromatic heterocycles. The molecule has 0 aliphatic heterocycles. The number of aliphatic hydroxyl groups excluding tert-OH is 1. The quantitative estimate of drug-likeness (QED) is 0.598. The van der Waals surface area contributed by atoms with Crippen molar-refractivity contribution in [3.05, 3.63) is 0 Å². The smallest absolute Gasteiger partial charge is 0.136 e. The number of fused-ring (bicyclic) bond motifs is 2. The SMILES string of the molecule is O=C1C[C@@H]2[C@H](CO)[C@H]1C[C@H]2Cl. The third kappa shape index (κ3) is 0.926. The van der Waals surface area contributed by atoms with Crippen LogP contribution in [0.15, 0.2) is 0 Å². The number of Topliss-reactive ketones (excluding diaryl/α,β-unsaturated/α-hetero) is 1. The van der Waals surface area contributed by atoms with Crippen LogP contribution >= 0.6 is 11.6 Å². The number of rotatable bonds is 1. The Morgan fingerprint density at radius 2 is 2.36 bits per heavy atom. The molecule has 2 aliphatic carbocycles. The van der Waals surface area contributed by atoms with Gasteiger partial charge >= 0.3 is 0 Å². The maximum atomic E-state index is 11.2. The number of carbonyl (C=O) groups is 1. The predicted molar refractivity (Wildman–Crippen MR) is 41.4 cm³/mol. The van der Waals surface area contributed by atoms with Gasteiger partial charge in [-0.05, 0) is 18.3 Å². The zero-order chi connectivity index (χ0) is 8.01. The predicted octanol–water partition coefficient (Wildman–Crippen LogP) is 0.811. The molecule has 2 saturated carbocycles.